The Bertz CT molecular complexity index is 1970. The molecule has 2 heterocycles. The minimum absolute atomic E-state index is 0.167. The molecule has 45 heavy (non-hydrogen) atoms. The molecule has 0 bridgehead atoms. The number of aromatic nitrogens is 1. The van der Waals surface area contributed by atoms with E-state index in [4.69, 9.17) is 46.9 Å². The van der Waals surface area contributed by atoms with Crippen LogP contribution in [0.1, 0.15) is 36.6 Å². The van der Waals surface area contributed by atoms with E-state index in [0.29, 0.717) is 59.2 Å². The zero-order valence-electron chi connectivity index (χ0n) is 25.2. The molecule has 0 saturated carbocycles. The van der Waals surface area contributed by atoms with Gasteiger partial charge in [-0.15, -0.1) is 0 Å². The lowest BCUT2D eigenvalue weighted by Gasteiger charge is -2.25. The van der Waals surface area contributed by atoms with Crippen LogP contribution in [0.4, 0.5) is 0 Å². The lowest BCUT2D eigenvalue weighted by Crippen LogP contribution is -2.40. The van der Waals surface area contributed by atoms with Gasteiger partial charge in [0.2, 0.25) is 0 Å². The van der Waals surface area contributed by atoms with E-state index < -0.39 is 12.0 Å². The first-order valence-electron chi connectivity index (χ1n) is 13.8. The number of nitrogens with zero attached hydrogens (tertiary/aromatic N) is 2. The Morgan fingerprint density at radius 3 is 2.36 bits per heavy atom. The van der Waals surface area contributed by atoms with Gasteiger partial charge in [0.25, 0.3) is 5.56 Å². The molecule has 1 aliphatic heterocycles. The van der Waals surface area contributed by atoms with E-state index in [2.05, 4.69) is 4.99 Å². The number of halogens is 2. The highest BCUT2D eigenvalue weighted by molar-refractivity contribution is 7.07. The van der Waals surface area contributed by atoms with Gasteiger partial charge in [-0.1, -0.05) is 52.7 Å². The summed E-state index contributed by atoms with van der Waals surface area (Å²) in [6, 6.07) is 15.2. The number of thiazole rings is 1. The molecule has 1 atom stereocenters. The predicted molar refractivity (Wildman–Crippen MR) is 174 cm³/mol. The summed E-state index contributed by atoms with van der Waals surface area (Å²) in [7, 11) is 4.57. The van der Waals surface area contributed by atoms with Crippen molar-refractivity contribution >= 4 is 46.6 Å². The van der Waals surface area contributed by atoms with Crippen LogP contribution in [0.25, 0.3) is 6.08 Å². The summed E-state index contributed by atoms with van der Waals surface area (Å²) < 4.78 is 29.8. The van der Waals surface area contributed by atoms with Crippen molar-refractivity contribution in [2.45, 2.75) is 26.5 Å². The Labute approximate surface area is 273 Å². The zero-order chi connectivity index (χ0) is 32.2. The van der Waals surface area contributed by atoms with Crippen LogP contribution in [0.15, 0.2) is 75.7 Å². The minimum Gasteiger partial charge on any atom is -0.493 e. The number of ether oxygens (including phenoxy) is 5. The van der Waals surface area contributed by atoms with E-state index in [1.54, 1.807) is 62.4 Å². The van der Waals surface area contributed by atoms with E-state index in [9.17, 15) is 9.59 Å². The van der Waals surface area contributed by atoms with Crippen LogP contribution in [-0.4, -0.2) is 38.5 Å². The molecule has 1 aromatic heterocycles. The third kappa shape index (κ3) is 6.58. The number of allylic oxidation sites excluding steroid dienone is 1. The Kier molecular flexibility index (Phi) is 9.86. The highest BCUT2D eigenvalue weighted by atomic mass is 35.5. The molecule has 9 nitrogen and oxygen atoms in total. The summed E-state index contributed by atoms with van der Waals surface area (Å²) in [5.74, 6) is 1.18. The van der Waals surface area contributed by atoms with Gasteiger partial charge in [-0.3, -0.25) is 9.36 Å². The maximum atomic E-state index is 14.1. The van der Waals surface area contributed by atoms with Crippen molar-refractivity contribution < 1.29 is 28.5 Å². The first kappa shape index (κ1) is 32.2. The molecule has 0 unspecified atom stereocenters. The molecule has 1 aliphatic rings. The van der Waals surface area contributed by atoms with Gasteiger partial charge in [-0.2, -0.15) is 0 Å². The van der Waals surface area contributed by atoms with Crippen LogP contribution in [0.5, 0.6) is 23.0 Å². The molecule has 0 N–H and O–H groups in total. The summed E-state index contributed by atoms with van der Waals surface area (Å²) in [6.45, 7) is 3.87. The molecule has 4 aromatic rings. The molecule has 3 aromatic carbocycles. The smallest absolute Gasteiger partial charge is 0.338 e. The number of carbonyl (C=O) groups excluding carboxylic acids is 1. The van der Waals surface area contributed by atoms with Gasteiger partial charge in [-0.25, -0.2) is 9.79 Å². The molecule has 0 spiro atoms. The molecular formula is C33H30Cl2N2O7S. The summed E-state index contributed by atoms with van der Waals surface area (Å²) in [5.41, 5.74) is 2.52. The Hall–Kier alpha value is -4.25. The van der Waals surface area contributed by atoms with Crippen LogP contribution in [0, 0.1) is 0 Å². The molecule has 0 fully saturated rings. The second kappa shape index (κ2) is 13.8. The summed E-state index contributed by atoms with van der Waals surface area (Å²) in [6.07, 6.45) is 1.70. The highest BCUT2D eigenvalue weighted by Gasteiger charge is 2.34. The van der Waals surface area contributed by atoms with Crippen LogP contribution in [-0.2, 0) is 16.1 Å². The molecule has 0 amide bonds. The number of benzene rings is 3. The van der Waals surface area contributed by atoms with Gasteiger partial charge in [0.05, 0.1) is 54.8 Å². The van der Waals surface area contributed by atoms with Crippen molar-refractivity contribution in [3.05, 3.63) is 112 Å². The van der Waals surface area contributed by atoms with E-state index in [1.165, 1.54) is 37.2 Å². The Morgan fingerprint density at radius 1 is 0.978 bits per heavy atom. The quantitative estimate of drug-likeness (QED) is 0.200. The standard InChI is InChI=1S/C33H30Cl2N2O7S/c1-6-43-32(39)28-18(2)36-33-37(29(28)21-9-12-24(40-3)25(16-21)41-4)31(38)27(45-33)15-20-13-23(35)30(26(14-20)42-5)44-17-19-7-10-22(34)11-8-19/h7-16,29H,6,17H2,1-5H3/b27-15-/t29-/m1/s1. The van der Waals surface area contributed by atoms with Crippen molar-refractivity contribution in [2.24, 2.45) is 4.99 Å². The number of esters is 1. The van der Waals surface area contributed by atoms with E-state index in [-0.39, 0.29) is 24.3 Å². The van der Waals surface area contributed by atoms with Crippen LogP contribution in [0.3, 0.4) is 0 Å². The molecule has 0 aliphatic carbocycles. The fourth-order valence-electron chi connectivity index (χ4n) is 4.98. The largest absolute Gasteiger partial charge is 0.493 e. The Morgan fingerprint density at radius 2 is 1.69 bits per heavy atom. The average molecular weight is 670 g/mol. The molecule has 5 rings (SSSR count). The van der Waals surface area contributed by atoms with Gasteiger partial charge < -0.3 is 23.7 Å². The first-order valence-corrected chi connectivity index (χ1v) is 15.4. The lowest BCUT2D eigenvalue weighted by atomic mass is 9.95. The normalized spacial score (nSPS) is 14.5. The number of rotatable bonds is 10. The van der Waals surface area contributed by atoms with Crippen molar-refractivity contribution in [3.63, 3.8) is 0 Å². The fraction of sp³-hybridized carbons (Fsp3) is 0.242. The maximum Gasteiger partial charge on any atom is 0.338 e. The van der Waals surface area contributed by atoms with Gasteiger partial charge in [-0.05, 0) is 73.0 Å². The zero-order valence-corrected chi connectivity index (χ0v) is 27.5. The van der Waals surface area contributed by atoms with Crippen molar-refractivity contribution in [3.8, 4) is 23.0 Å². The highest BCUT2D eigenvalue weighted by Crippen LogP contribution is 2.38. The monoisotopic (exact) mass is 668 g/mol. The topological polar surface area (TPSA) is 97.6 Å². The van der Waals surface area contributed by atoms with Crippen LogP contribution < -0.4 is 33.8 Å². The number of carbonyl (C=O) groups is 1. The number of fused-ring (bicyclic) bond motifs is 1. The molecule has 12 heteroatoms. The average Bonchev–Trinajstić information content (AvgIpc) is 3.33. The maximum absolute atomic E-state index is 14.1. The predicted octanol–water partition coefficient (Wildman–Crippen LogP) is 5.71. The third-order valence-corrected chi connectivity index (χ3v) is 8.60. The first-order chi connectivity index (χ1) is 21.7. The van der Waals surface area contributed by atoms with E-state index >= 15 is 0 Å². The summed E-state index contributed by atoms with van der Waals surface area (Å²) in [4.78, 5) is 32.3. The van der Waals surface area contributed by atoms with Gasteiger partial charge in [0.15, 0.2) is 27.8 Å². The molecule has 234 valence electrons. The van der Waals surface area contributed by atoms with E-state index in [1.807, 2.05) is 12.1 Å². The van der Waals surface area contributed by atoms with Gasteiger partial charge >= 0.3 is 5.97 Å². The minimum atomic E-state index is -0.816. The van der Waals surface area contributed by atoms with Crippen LogP contribution >= 0.6 is 34.5 Å². The number of hydrogen-bond donors (Lipinski definition) is 0. The van der Waals surface area contributed by atoms with Gasteiger partial charge in [0.1, 0.15) is 6.61 Å². The van der Waals surface area contributed by atoms with Crippen molar-refractivity contribution in [1.29, 1.82) is 0 Å². The third-order valence-electron chi connectivity index (χ3n) is 7.09. The SMILES string of the molecule is CCOC(=O)C1=C(C)N=c2s/c(=C\c3cc(Cl)c(OCc4ccc(Cl)cc4)c(OC)c3)c(=O)n2[C@@H]1c1ccc(OC)c(OC)c1. The molecular weight excluding hydrogens is 639 g/mol. The van der Waals surface area contributed by atoms with Crippen LogP contribution in [0.2, 0.25) is 10.0 Å². The molecule has 0 radical (unpaired) electrons. The number of hydrogen-bond acceptors (Lipinski definition) is 9. The van der Waals surface area contributed by atoms with Crippen molar-refractivity contribution in [1.82, 2.24) is 4.57 Å². The fourth-order valence-corrected chi connectivity index (χ4v) is 6.43. The van der Waals surface area contributed by atoms with Crippen molar-refractivity contribution in [2.75, 3.05) is 27.9 Å². The number of methoxy groups -OCH3 is 3. The summed E-state index contributed by atoms with van der Waals surface area (Å²) >= 11 is 13.8. The van der Waals surface area contributed by atoms with Gasteiger partial charge in [0, 0.05) is 5.02 Å². The second-order valence-electron chi connectivity index (χ2n) is 9.87. The molecule has 0 saturated heterocycles. The second-order valence-corrected chi connectivity index (χ2v) is 11.7. The van der Waals surface area contributed by atoms with E-state index in [0.717, 1.165) is 5.56 Å². The summed E-state index contributed by atoms with van der Waals surface area (Å²) in [5, 5.41) is 0.942. The Balaban J connectivity index is 1.59. The lowest BCUT2D eigenvalue weighted by molar-refractivity contribution is -0.139.